The minimum Gasteiger partial charge on any atom is -0.350 e. The van der Waals surface area contributed by atoms with Crippen LogP contribution in [-0.4, -0.2) is 5.84 Å². The van der Waals surface area contributed by atoms with E-state index in [9.17, 15) is 0 Å². The van der Waals surface area contributed by atoms with Crippen LogP contribution >= 0.6 is 0 Å². The van der Waals surface area contributed by atoms with Gasteiger partial charge in [-0.3, -0.25) is 0 Å². The fourth-order valence-corrected chi connectivity index (χ4v) is 3.50. The van der Waals surface area contributed by atoms with Gasteiger partial charge in [0.15, 0.2) is 0 Å². The molecule has 0 aromatic heterocycles. The van der Waals surface area contributed by atoms with E-state index in [-0.39, 0.29) is 0 Å². The smallest absolute Gasteiger partial charge is 0.113 e. The molecule has 3 aliphatic rings. The molecule has 3 rings (SSSR count). The molecule has 0 spiro atoms. The highest BCUT2D eigenvalue weighted by Gasteiger charge is 2.32. The van der Waals surface area contributed by atoms with Crippen molar-refractivity contribution in [2.45, 2.75) is 27.2 Å². The Bertz CT molecular complexity index is 517. The lowest BCUT2D eigenvalue weighted by atomic mass is 9.75. The molecule has 0 aromatic carbocycles. The van der Waals surface area contributed by atoms with Crippen LogP contribution in [0.25, 0.3) is 0 Å². The minimum absolute atomic E-state index is 0.400. The first-order valence-corrected chi connectivity index (χ1v) is 6.73. The molecule has 2 heteroatoms. The second kappa shape index (κ2) is 4.27. The van der Waals surface area contributed by atoms with Gasteiger partial charge in [-0.1, -0.05) is 36.3 Å². The number of hydrogen-bond donors (Lipinski definition) is 1. The van der Waals surface area contributed by atoms with Crippen LogP contribution in [0.5, 0.6) is 0 Å². The van der Waals surface area contributed by atoms with Crippen LogP contribution in [0.2, 0.25) is 0 Å². The highest BCUT2D eigenvalue weighted by molar-refractivity contribution is 5.91. The molecule has 1 aliphatic carbocycles. The molecule has 2 aliphatic heterocycles. The van der Waals surface area contributed by atoms with E-state index in [2.05, 4.69) is 49.3 Å². The van der Waals surface area contributed by atoms with Crippen molar-refractivity contribution in [3.63, 3.8) is 0 Å². The molecule has 18 heavy (non-hydrogen) atoms. The summed E-state index contributed by atoms with van der Waals surface area (Å²) in [6.45, 7) is 6.83. The highest BCUT2D eigenvalue weighted by Crippen LogP contribution is 2.39. The van der Waals surface area contributed by atoms with Gasteiger partial charge in [0.1, 0.15) is 5.84 Å². The summed E-state index contributed by atoms with van der Waals surface area (Å²) >= 11 is 0. The van der Waals surface area contributed by atoms with Crippen LogP contribution in [0, 0.1) is 17.8 Å². The van der Waals surface area contributed by atoms with Crippen LogP contribution in [0.1, 0.15) is 27.2 Å². The summed E-state index contributed by atoms with van der Waals surface area (Å²) in [5, 5.41) is 3.24. The number of aliphatic imine (C=N–C) groups is 1. The van der Waals surface area contributed by atoms with E-state index in [1.54, 1.807) is 5.57 Å². The van der Waals surface area contributed by atoms with Gasteiger partial charge in [0.05, 0.1) is 0 Å². The van der Waals surface area contributed by atoms with Crippen molar-refractivity contribution in [3.05, 3.63) is 47.3 Å². The van der Waals surface area contributed by atoms with Gasteiger partial charge in [0.2, 0.25) is 0 Å². The van der Waals surface area contributed by atoms with Crippen molar-refractivity contribution in [2.75, 3.05) is 0 Å². The Morgan fingerprint density at radius 1 is 1.22 bits per heavy atom. The van der Waals surface area contributed by atoms with Crippen molar-refractivity contribution in [1.29, 1.82) is 0 Å². The third kappa shape index (κ3) is 1.76. The van der Waals surface area contributed by atoms with Gasteiger partial charge in [-0.25, -0.2) is 4.99 Å². The van der Waals surface area contributed by atoms with E-state index in [4.69, 9.17) is 0 Å². The summed E-state index contributed by atoms with van der Waals surface area (Å²) in [7, 11) is 0. The van der Waals surface area contributed by atoms with Crippen molar-refractivity contribution < 1.29 is 0 Å². The summed E-state index contributed by atoms with van der Waals surface area (Å²) in [5.41, 5.74) is 4.51. The predicted molar refractivity (Wildman–Crippen MR) is 76.1 cm³/mol. The van der Waals surface area contributed by atoms with Gasteiger partial charge in [-0.2, -0.15) is 0 Å². The molecular formula is C16H20N2. The number of nitrogens with one attached hydrogen (secondary N) is 1. The SMILES string of the molecule is CC1=CC(C)CC(C)=C1C1C=CN=C2NC=CC21. The van der Waals surface area contributed by atoms with Crippen molar-refractivity contribution in [1.82, 2.24) is 5.32 Å². The fourth-order valence-electron chi connectivity index (χ4n) is 3.50. The van der Waals surface area contributed by atoms with Gasteiger partial charge in [-0.05, 0) is 38.0 Å². The van der Waals surface area contributed by atoms with Gasteiger partial charge in [0.25, 0.3) is 0 Å². The van der Waals surface area contributed by atoms with Gasteiger partial charge >= 0.3 is 0 Å². The molecule has 0 amide bonds. The summed E-state index contributed by atoms with van der Waals surface area (Å²) in [6, 6.07) is 0. The molecule has 3 atom stereocenters. The summed E-state index contributed by atoms with van der Waals surface area (Å²) in [4.78, 5) is 4.42. The third-order valence-corrected chi connectivity index (χ3v) is 4.13. The van der Waals surface area contributed by atoms with Crippen LogP contribution in [0.15, 0.2) is 52.3 Å². The molecule has 1 N–H and O–H groups in total. The first-order valence-electron chi connectivity index (χ1n) is 6.73. The topological polar surface area (TPSA) is 24.4 Å². The molecule has 0 radical (unpaired) electrons. The lowest BCUT2D eigenvalue weighted by Crippen LogP contribution is -2.29. The molecule has 0 fully saturated rings. The second-order valence-corrected chi connectivity index (χ2v) is 5.64. The fraction of sp³-hybridized carbons (Fsp3) is 0.438. The first-order chi connectivity index (χ1) is 8.66. The number of nitrogens with zero attached hydrogens (tertiary/aromatic N) is 1. The molecule has 0 aromatic rings. The second-order valence-electron chi connectivity index (χ2n) is 5.64. The average molecular weight is 240 g/mol. The van der Waals surface area contributed by atoms with E-state index in [1.165, 1.54) is 17.6 Å². The Morgan fingerprint density at radius 2 is 2.06 bits per heavy atom. The molecular weight excluding hydrogens is 220 g/mol. The first kappa shape index (κ1) is 11.5. The lowest BCUT2D eigenvalue weighted by Gasteiger charge is -2.31. The lowest BCUT2D eigenvalue weighted by molar-refractivity contribution is 0.617. The average Bonchev–Trinajstić information content (AvgIpc) is 2.76. The van der Waals surface area contributed by atoms with Gasteiger partial charge in [-0.15, -0.1) is 0 Å². The van der Waals surface area contributed by atoms with Crippen molar-refractivity contribution in [2.24, 2.45) is 22.7 Å². The van der Waals surface area contributed by atoms with E-state index >= 15 is 0 Å². The maximum absolute atomic E-state index is 4.42. The maximum Gasteiger partial charge on any atom is 0.113 e. The minimum atomic E-state index is 0.400. The zero-order chi connectivity index (χ0) is 12.7. The Labute approximate surface area is 109 Å². The zero-order valence-corrected chi connectivity index (χ0v) is 11.3. The molecule has 3 unspecified atom stereocenters. The number of rotatable bonds is 1. The molecule has 0 saturated carbocycles. The van der Waals surface area contributed by atoms with Crippen LogP contribution < -0.4 is 5.32 Å². The molecule has 0 bridgehead atoms. The summed E-state index contributed by atoms with van der Waals surface area (Å²) in [6.07, 6.45) is 12.0. The van der Waals surface area contributed by atoms with E-state index in [1.807, 2.05) is 12.4 Å². The highest BCUT2D eigenvalue weighted by atomic mass is 15.0. The largest absolute Gasteiger partial charge is 0.350 e. The Kier molecular flexibility index (Phi) is 2.73. The van der Waals surface area contributed by atoms with Crippen LogP contribution in [0.4, 0.5) is 0 Å². The number of fused-ring (bicyclic) bond motifs is 1. The standard InChI is InChI=1S/C16H20N2/c1-10-8-11(2)15(12(3)9-10)13-4-6-17-16-14(13)5-7-18-16/h4-8,10,13-14H,9H2,1-3H3,(H,17,18). The van der Waals surface area contributed by atoms with Crippen molar-refractivity contribution in [3.8, 4) is 0 Å². The molecule has 94 valence electrons. The number of allylic oxidation sites excluding steroid dienone is 5. The van der Waals surface area contributed by atoms with Gasteiger partial charge < -0.3 is 5.32 Å². The van der Waals surface area contributed by atoms with Gasteiger partial charge in [0, 0.05) is 18.0 Å². The Hall–Kier alpha value is -1.57. The van der Waals surface area contributed by atoms with E-state index < -0.39 is 0 Å². The molecule has 0 saturated heterocycles. The summed E-state index contributed by atoms with van der Waals surface area (Å²) in [5.74, 6) is 2.62. The Balaban J connectivity index is 1.98. The quantitative estimate of drug-likeness (QED) is 0.744. The van der Waals surface area contributed by atoms with Crippen LogP contribution in [0.3, 0.4) is 0 Å². The van der Waals surface area contributed by atoms with Crippen LogP contribution in [-0.2, 0) is 0 Å². The molecule has 2 heterocycles. The Morgan fingerprint density at radius 3 is 2.83 bits per heavy atom. The van der Waals surface area contributed by atoms with E-state index in [0.717, 1.165) is 5.84 Å². The maximum atomic E-state index is 4.42. The summed E-state index contributed by atoms with van der Waals surface area (Å²) < 4.78 is 0. The van der Waals surface area contributed by atoms with E-state index in [0.29, 0.717) is 17.8 Å². The van der Waals surface area contributed by atoms with Crippen molar-refractivity contribution >= 4 is 5.84 Å². The third-order valence-electron chi connectivity index (χ3n) is 4.13. The zero-order valence-electron chi connectivity index (χ0n) is 11.3. The monoisotopic (exact) mass is 240 g/mol. The number of hydrogen-bond acceptors (Lipinski definition) is 2. The molecule has 2 nitrogen and oxygen atoms in total. The normalized spacial score (nSPS) is 34.1. The predicted octanol–water partition coefficient (Wildman–Crippen LogP) is 3.56. The number of amidine groups is 1.